The van der Waals surface area contributed by atoms with E-state index in [0.717, 1.165) is 12.2 Å². The molecule has 0 unspecified atom stereocenters. The van der Waals surface area contributed by atoms with Crippen molar-refractivity contribution in [3.8, 4) is 5.75 Å². The van der Waals surface area contributed by atoms with Crippen LogP contribution in [0.15, 0.2) is 59.0 Å². The highest BCUT2D eigenvalue weighted by Crippen LogP contribution is 2.41. The van der Waals surface area contributed by atoms with E-state index in [9.17, 15) is 0 Å². The maximum Gasteiger partial charge on any atom is 0.312 e. The van der Waals surface area contributed by atoms with Crippen molar-refractivity contribution in [3.63, 3.8) is 0 Å². The fraction of sp³-hybridized carbons (Fsp3) is 0.263. The van der Waals surface area contributed by atoms with Crippen molar-refractivity contribution in [1.82, 2.24) is 15.5 Å². The van der Waals surface area contributed by atoms with E-state index in [1.807, 2.05) is 30.3 Å². The second-order valence-electron chi connectivity index (χ2n) is 6.21. The van der Waals surface area contributed by atoms with Crippen LogP contribution in [0.3, 0.4) is 0 Å². The van der Waals surface area contributed by atoms with Gasteiger partial charge in [0.15, 0.2) is 0 Å². The molecule has 1 heterocycles. The first-order chi connectivity index (χ1) is 12.3. The van der Waals surface area contributed by atoms with Gasteiger partial charge in [0, 0.05) is 12.0 Å². The zero-order valence-corrected chi connectivity index (χ0v) is 13.8. The normalized spacial score (nSPS) is 18.9. The molecule has 0 amide bonds. The maximum absolute atomic E-state index is 5.83. The molecule has 0 saturated heterocycles. The molecule has 0 spiro atoms. The summed E-state index contributed by atoms with van der Waals surface area (Å²) in [6.07, 6.45) is 1.10. The zero-order chi connectivity index (χ0) is 17.1. The van der Waals surface area contributed by atoms with Gasteiger partial charge < -0.3 is 20.2 Å². The minimum absolute atomic E-state index is 0.107. The molecular weight excluding hydrogens is 316 g/mol. The average Bonchev–Trinajstić information content (AvgIpc) is 3.32. The van der Waals surface area contributed by atoms with Crippen molar-refractivity contribution in [2.45, 2.75) is 31.5 Å². The van der Waals surface area contributed by atoms with Gasteiger partial charge in [-0.05, 0) is 29.7 Å². The smallest absolute Gasteiger partial charge is 0.312 e. The van der Waals surface area contributed by atoms with Crippen LogP contribution in [0.2, 0.25) is 0 Å². The van der Waals surface area contributed by atoms with Crippen molar-refractivity contribution in [2.24, 2.45) is 0 Å². The van der Waals surface area contributed by atoms with Gasteiger partial charge in [-0.15, -0.1) is 5.10 Å². The van der Waals surface area contributed by atoms with Crippen molar-refractivity contribution < 1.29 is 9.15 Å². The number of nitrogens with two attached hydrogens (primary N) is 1. The minimum Gasteiger partial charge on any atom is -0.489 e. The van der Waals surface area contributed by atoms with E-state index in [1.165, 1.54) is 11.1 Å². The van der Waals surface area contributed by atoms with Gasteiger partial charge in [-0.25, -0.2) is 0 Å². The molecule has 3 aromatic rings. The number of anilines is 1. The van der Waals surface area contributed by atoms with Gasteiger partial charge >= 0.3 is 6.01 Å². The number of aromatic nitrogens is 2. The van der Waals surface area contributed by atoms with Crippen LogP contribution in [-0.2, 0) is 13.2 Å². The molecular formula is C19H20N4O2. The molecule has 1 aliphatic rings. The lowest BCUT2D eigenvalue weighted by Gasteiger charge is -2.07. The molecule has 4 rings (SSSR count). The Morgan fingerprint density at radius 2 is 1.88 bits per heavy atom. The summed E-state index contributed by atoms with van der Waals surface area (Å²) in [6.45, 7) is 1.13. The first kappa shape index (κ1) is 15.7. The standard InChI is InChI=1S/C19H20N4O2/c20-19-23-22-18(25-19)11-21-17-10-16(17)14-6-8-15(9-7-14)24-12-13-4-2-1-3-5-13/h1-9,16-17,21H,10-12H2,(H2,20,23)/t16-,17+/m0/s1. The van der Waals surface area contributed by atoms with Crippen LogP contribution in [-0.4, -0.2) is 16.2 Å². The Labute approximate surface area is 146 Å². The summed E-state index contributed by atoms with van der Waals surface area (Å²) < 4.78 is 11.0. The Balaban J connectivity index is 1.26. The molecule has 0 radical (unpaired) electrons. The molecule has 3 N–H and O–H groups in total. The Kier molecular flexibility index (Phi) is 4.35. The molecule has 2 aromatic carbocycles. The van der Waals surface area contributed by atoms with Crippen LogP contribution in [0, 0.1) is 0 Å². The second kappa shape index (κ2) is 6.94. The maximum atomic E-state index is 5.83. The third kappa shape index (κ3) is 3.97. The summed E-state index contributed by atoms with van der Waals surface area (Å²) in [5, 5.41) is 10.9. The van der Waals surface area contributed by atoms with Crippen molar-refractivity contribution in [1.29, 1.82) is 0 Å². The highest BCUT2D eigenvalue weighted by atomic mass is 16.5. The number of nitrogens with zero attached hydrogens (tertiary/aromatic N) is 2. The predicted molar refractivity (Wildman–Crippen MR) is 93.9 cm³/mol. The molecule has 0 aliphatic heterocycles. The summed E-state index contributed by atoms with van der Waals surface area (Å²) in [4.78, 5) is 0. The predicted octanol–water partition coefficient (Wildman–Crippen LogP) is 2.88. The molecule has 1 aromatic heterocycles. The van der Waals surface area contributed by atoms with Gasteiger partial charge in [0.2, 0.25) is 5.89 Å². The number of nitrogens with one attached hydrogen (secondary N) is 1. The van der Waals surface area contributed by atoms with Gasteiger partial charge in [-0.3, -0.25) is 0 Å². The van der Waals surface area contributed by atoms with Crippen LogP contribution in [0.4, 0.5) is 6.01 Å². The Hall–Kier alpha value is -2.86. The number of hydrogen-bond donors (Lipinski definition) is 2. The van der Waals surface area contributed by atoms with Crippen LogP contribution >= 0.6 is 0 Å². The summed E-state index contributed by atoms with van der Waals surface area (Å²) in [5.74, 6) is 1.93. The van der Waals surface area contributed by atoms with Crippen molar-refractivity contribution in [3.05, 3.63) is 71.6 Å². The lowest BCUT2D eigenvalue weighted by atomic mass is 10.1. The number of nitrogen functional groups attached to an aromatic ring is 1. The topological polar surface area (TPSA) is 86.2 Å². The van der Waals surface area contributed by atoms with E-state index in [1.54, 1.807) is 0 Å². The van der Waals surface area contributed by atoms with E-state index in [4.69, 9.17) is 14.9 Å². The molecule has 6 heteroatoms. The van der Waals surface area contributed by atoms with Crippen LogP contribution in [0.5, 0.6) is 5.75 Å². The number of hydrogen-bond acceptors (Lipinski definition) is 6. The fourth-order valence-corrected chi connectivity index (χ4v) is 2.90. The van der Waals surface area contributed by atoms with Gasteiger partial charge in [0.05, 0.1) is 6.54 Å². The summed E-state index contributed by atoms with van der Waals surface area (Å²) in [7, 11) is 0. The van der Waals surface area contributed by atoms with Crippen LogP contribution in [0.1, 0.15) is 29.4 Å². The van der Waals surface area contributed by atoms with E-state index >= 15 is 0 Å². The molecule has 6 nitrogen and oxygen atoms in total. The quantitative estimate of drug-likeness (QED) is 0.690. The largest absolute Gasteiger partial charge is 0.489 e. The van der Waals surface area contributed by atoms with Gasteiger partial charge in [0.25, 0.3) is 0 Å². The third-order valence-electron chi connectivity index (χ3n) is 4.34. The van der Waals surface area contributed by atoms with Crippen LogP contribution in [0.25, 0.3) is 0 Å². The lowest BCUT2D eigenvalue weighted by Crippen LogP contribution is -2.17. The number of rotatable bonds is 7. The molecule has 1 fully saturated rings. The summed E-state index contributed by atoms with van der Waals surface area (Å²) >= 11 is 0. The highest BCUT2D eigenvalue weighted by molar-refractivity contribution is 5.34. The first-order valence-electron chi connectivity index (χ1n) is 8.36. The Bertz CT molecular complexity index is 817. The zero-order valence-electron chi connectivity index (χ0n) is 13.8. The average molecular weight is 336 g/mol. The Morgan fingerprint density at radius 3 is 2.60 bits per heavy atom. The molecule has 1 aliphatic carbocycles. The van der Waals surface area contributed by atoms with Crippen molar-refractivity contribution >= 4 is 6.01 Å². The van der Waals surface area contributed by atoms with E-state index in [-0.39, 0.29) is 6.01 Å². The third-order valence-corrected chi connectivity index (χ3v) is 4.34. The minimum atomic E-state index is 0.107. The van der Waals surface area contributed by atoms with Crippen molar-refractivity contribution in [2.75, 3.05) is 5.73 Å². The monoisotopic (exact) mass is 336 g/mol. The molecule has 1 saturated carbocycles. The fourth-order valence-electron chi connectivity index (χ4n) is 2.90. The van der Waals surface area contributed by atoms with Gasteiger partial charge in [-0.1, -0.05) is 47.6 Å². The number of ether oxygens (including phenoxy) is 1. The van der Waals surface area contributed by atoms with Gasteiger partial charge in [0.1, 0.15) is 12.4 Å². The molecule has 25 heavy (non-hydrogen) atoms. The second-order valence-corrected chi connectivity index (χ2v) is 6.21. The van der Waals surface area contributed by atoms with E-state index in [0.29, 0.717) is 31.0 Å². The SMILES string of the molecule is Nc1nnc(CN[C@@H]2C[C@H]2c2ccc(OCc3ccccc3)cc2)o1. The highest BCUT2D eigenvalue weighted by Gasteiger charge is 2.38. The number of benzene rings is 2. The molecule has 128 valence electrons. The first-order valence-corrected chi connectivity index (χ1v) is 8.36. The van der Waals surface area contributed by atoms with E-state index < -0.39 is 0 Å². The molecule has 0 bridgehead atoms. The summed E-state index contributed by atoms with van der Waals surface area (Å²) in [6, 6.07) is 19.0. The summed E-state index contributed by atoms with van der Waals surface area (Å²) in [5.41, 5.74) is 7.90. The lowest BCUT2D eigenvalue weighted by molar-refractivity contribution is 0.306. The van der Waals surface area contributed by atoms with E-state index in [2.05, 4.69) is 39.8 Å². The molecule has 2 atom stereocenters. The van der Waals surface area contributed by atoms with Gasteiger partial charge in [-0.2, -0.15) is 0 Å². The van der Waals surface area contributed by atoms with Crippen LogP contribution < -0.4 is 15.8 Å². The Morgan fingerprint density at radius 1 is 1.08 bits per heavy atom.